The Labute approximate surface area is 99.3 Å². The second-order valence-electron chi connectivity index (χ2n) is 3.88. The van der Waals surface area contributed by atoms with Crippen LogP contribution < -0.4 is 11.5 Å². The number of nitrogen functional groups attached to an aromatic ring is 1. The van der Waals surface area contributed by atoms with Crippen molar-refractivity contribution in [3.63, 3.8) is 0 Å². The van der Waals surface area contributed by atoms with Crippen molar-refractivity contribution in [1.29, 1.82) is 0 Å². The highest BCUT2D eigenvalue weighted by Gasteiger charge is 2.13. The molecule has 0 radical (unpaired) electrons. The summed E-state index contributed by atoms with van der Waals surface area (Å²) < 4.78 is 0. The van der Waals surface area contributed by atoms with Crippen LogP contribution in [-0.4, -0.2) is 11.5 Å². The monoisotopic (exact) mass is 227 g/mol. The van der Waals surface area contributed by atoms with Crippen LogP contribution in [0.15, 0.2) is 52.7 Å². The molecule has 0 aromatic heterocycles. The zero-order valence-electron chi connectivity index (χ0n) is 9.47. The minimum absolute atomic E-state index is 0.0706. The number of benzene rings is 1. The lowest BCUT2D eigenvalue weighted by molar-refractivity contribution is -0.111. The maximum atomic E-state index is 11.4. The summed E-state index contributed by atoms with van der Waals surface area (Å²) in [7, 11) is 0. The van der Waals surface area contributed by atoms with Crippen molar-refractivity contribution in [2.45, 2.75) is 6.92 Å². The van der Waals surface area contributed by atoms with Gasteiger partial charge in [-0.25, -0.2) is 4.99 Å². The molecule has 0 spiro atoms. The molecule has 0 unspecified atom stereocenters. The molecule has 0 heterocycles. The summed E-state index contributed by atoms with van der Waals surface area (Å²) in [5.41, 5.74) is 14.4. The van der Waals surface area contributed by atoms with Crippen LogP contribution in [0.2, 0.25) is 0 Å². The van der Waals surface area contributed by atoms with Gasteiger partial charge in [0.05, 0.1) is 17.1 Å². The standard InChI is InChI=1S/C13H13N3O/c1-8-6-12(11(15)7-13(8)17)16-10-4-2-9(14)3-5-10/h2-7H,14-15H2,1H3/b16-12-. The largest absolute Gasteiger partial charge is 0.399 e. The SMILES string of the molecule is CC1=C/C(=N/c2ccc(N)cc2)C(N)=CC1=O. The van der Waals surface area contributed by atoms with Crippen LogP contribution in [0.4, 0.5) is 11.4 Å². The van der Waals surface area contributed by atoms with E-state index in [0.29, 0.717) is 22.7 Å². The van der Waals surface area contributed by atoms with E-state index in [1.165, 1.54) is 6.08 Å². The summed E-state index contributed by atoms with van der Waals surface area (Å²) in [4.78, 5) is 15.7. The third-order valence-electron chi connectivity index (χ3n) is 2.47. The molecule has 0 saturated carbocycles. The van der Waals surface area contributed by atoms with Gasteiger partial charge in [-0.15, -0.1) is 0 Å². The molecule has 17 heavy (non-hydrogen) atoms. The van der Waals surface area contributed by atoms with Gasteiger partial charge in [-0.1, -0.05) is 0 Å². The molecule has 0 bridgehead atoms. The van der Waals surface area contributed by atoms with E-state index in [0.717, 1.165) is 5.69 Å². The third kappa shape index (κ3) is 2.42. The summed E-state index contributed by atoms with van der Waals surface area (Å²) in [6, 6.07) is 7.14. The Kier molecular flexibility index (Phi) is 2.78. The molecule has 4 N–H and O–H groups in total. The zero-order chi connectivity index (χ0) is 12.4. The van der Waals surface area contributed by atoms with Crippen LogP contribution in [0, 0.1) is 0 Å². The molecule has 1 aliphatic carbocycles. The molecule has 2 rings (SSSR count). The number of anilines is 1. The lowest BCUT2D eigenvalue weighted by Crippen LogP contribution is -2.17. The topological polar surface area (TPSA) is 81.5 Å². The highest BCUT2D eigenvalue weighted by Crippen LogP contribution is 2.17. The van der Waals surface area contributed by atoms with Gasteiger partial charge in [0, 0.05) is 11.8 Å². The van der Waals surface area contributed by atoms with Crippen LogP contribution in [0.5, 0.6) is 0 Å². The molecule has 1 aromatic rings. The van der Waals surface area contributed by atoms with Crippen molar-refractivity contribution in [1.82, 2.24) is 0 Å². The molecule has 4 heteroatoms. The fraction of sp³-hybridized carbons (Fsp3) is 0.0769. The molecule has 1 aromatic carbocycles. The first-order valence-corrected chi connectivity index (χ1v) is 5.20. The molecule has 0 atom stereocenters. The van der Waals surface area contributed by atoms with E-state index in [9.17, 15) is 4.79 Å². The Morgan fingerprint density at radius 3 is 2.35 bits per heavy atom. The quantitative estimate of drug-likeness (QED) is 0.566. The molecule has 0 fully saturated rings. The van der Waals surface area contributed by atoms with E-state index in [1.54, 1.807) is 37.3 Å². The summed E-state index contributed by atoms with van der Waals surface area (Å²) >= 11 is 0. The number of hydrogen-bond donors (Lipinski definition) is 2. The number of aliphatic imine (C=N–C) groups is 1. The Bertz CT molecular complexity index is 551. The van der Waals surface area contributed by atoms with E-state index in [4.69, 9.17) is 11.5 Å². The number of ketones is 1. The highest BCUT2D eigenvalue weighted by molar-refractivity contribution is 6.21. The van der Waals surface area contributed by atoms with Gasteiger partial charge in [-0.2, -0.15) is 0 Å². The van der Waals surface area contributed by atoms with Crippen molar-refractivity contribution in [3.8, 4) is 0 Å². The first kappa shape index (κ1) is 11.1. The van der Waals surface area contributed by atoms with E-state index in [-0.39, 0.29) is 5.78 Å². The lowest BCUT2D eigenvalue weighted by atomic mass is 10.0. The molecule has 0 aliphatic heterocycles. The first-order valence-electron chi connectivity index (χ1n) is 5.20. The van der Waals surface area contributed by atoms with Crippen molar-refractivity contribution in [3.05, 3.63) is 47.7 Å². The second-order valence-corrected chi connectivity index (χ2v) is 3.88. The fourth-order valence-electron chi connectivity index (χ4n) is 1.47. The van der Waals surface area contributed by atoms with Gasteiger partial charge in [-0.3, -0.25) is 4.79 Å². The maximum absolute atomic E-state index is 11.4. The van der Waals surface area contributed by atoms with Gasteiger partial charge in [0.2, 0.25) is 0 Å². The van der Waals surface area contributed by atoms with Gasteiger partial charge in [0.25, 0.3) is 0 Å². The number of nitrogens with zero attached hydrogens (tertiary/aromatic N) is 1. The van der Waals surface area contributed by atoms with Crippen molar-refractivity contribution in [2.24, 2.45) is 10.7 Å². The molecule has 4 nitrogen and oxygen atoms in total. The average molecular weight is 227 g/mol. The van der Waals surface area contributed by atoms with E-state index in [1.807, 2.05) is 0 Å². The second kappa shape index (κ2) is 4.25. The molecule has 86 valence electrons. The predicted molar refractivity (Wildman–Crippen MR) is 69.0 cm³/mol. The lowest BCUT2D eigenvalue weighted by Gasteiger charge is -2.09. The van der Waals surface area contributed by atoms with Gasteiger partial charge in [-0.05, 0) is 42.8 Å². The normalized spacial score (nSPS) is 17.9. The summed E-state index contributed by atoms with van der Waals surface area (Å²) in [6.45, 7) is 1.74. The fourth-order valence-corrected chi connectivity index (χ4v) is 1.47. The number of hydrogen-bond acceptors (Lipinski definition) is 4. The van der Waals surface area contributed by atoms with Gasteiger partial charge in [0.15, 0.2) is 5.78 Å². The minimum atomic E-state index is -0.0706. The van der Waals surface area contributed by atoms with Gasteiger partial charge in [0.1, 0.15) is 0 Å². The highest BCUT2D eigenvalue weighted by atomic mass is 16.1. The number of carbonyl (C=O) groups is 1. The van der Waals surface area contributed by atoms with Crippen molar-refractivity contribution < 1.29 is 4.79 Å². The number of rotatable bonds is 1. The molecule has 0 amide bonds. The van der Waals surface area contributed by atoms with E-state index < -0.39 is 0 Å². The van der Waals surface area contributed by atoms with E-state index >= 15 is 0 Å². The van der Waals surface area contributed by atoms with Crippen LogP contribution in [0.3, 0.4) is 0 Å². The molecular formula is C13H13N3O. The minimum Gasteiger partial charge on any atom is -0.399 e. The maximum Gasteiger partial charge on any atom is 0.183 e. The Morgan fingerprint density at radius 2 is 1.71 bits per heavy atom. The van der Waals surface area contributed by atoms with E-state index in [2.05, 4.69) is 4.99 Å². The smallest absolute Gasteiger partial charge is 0.183 e. The summed E-state index contributed by atoms with van der Waals surface area (Å²) in [5, 5.41) is 0. The van der Waals surface area contributed by atoms with Crippen LogP contribution in [-0.2, 0) is 4.79 Å². The van der Waals surface area contributed by atoms with Crippen LogP contribution in [0.1, 0.15) is 6.92 Å². The number of allylic oxidation sites excluding steroid dienone is 3. The van der Waals surface area contributed by atoms with Gasteiger partial charge >= 0.3 is 0 Å². The van der Waals surface area contributed by atoms with Crippen molar-refractivity contribution >= 4 is 22.9 Å². The number of carbonyl (C=O) groups excluding carboxylic acids is 1. The zero-order valence-corrected chi connectivity index (χ0v) is 9.47. The predicted octanol–water partition coefficient (Wildman–Crippen LogP) is 1.71. The molecular weight excluding hydrogens is 214 g/mol. The first-order chi connectivity index (χ1) is 8.06. The third-order valence-corrected chi connectivity index (χ3v) is 2.47. The summed E-state index contributed by atoms with van der Waals surface area (Å²) in [6.07, 6.45) is 3.08. The van der Waals surface area contributed by atoms with Crippen LogP contribution >= 0.6 is 0 Å². The Hall–Kier alpha value is -2.36. The average Bonchev–Trinajstić information content (AvgIpc) is 2.29. The molecule has 0 saturated heterocycles. The summed E-state index contributed by atoms with van der Waals surface area (Å²) in [5.74, 6) is -0.0706. The molecule has 1 aliphatic rings. The Morgan fingerprint density at radius 1 is 1.06 bits per heavy atom. The van der Waals surface area contributed by atoms with Gasteiger partial charge < -0.3 is 11.5 Å². The number of nitrogens with two attached hydrogens (primary N) is 2. The van der Waals surface area contributed by atoms with Crippen molar-refractivity contribution in [2.75, 3.05) is 5.73 Å². The van der Waals surface area contributed by atoms with Crippen LogP contribution in [0.25, 0.3) is 0 Å². The Balaban J connectivity index is 2.37.